The maximum Gasteiger partial charge on any atom is 0.263 e. The molecule has 1 saturated heterocycles. The van der Waals surface area contributed by atoms with Crippen LogP contribution < -0.4 is 16.0 Å². The van der Waals surface area contributed by atoms with Gasteiger partial charge in [0.25, 0.3) is 11.8 Å². The second-order valence-corrected chi connectivity index (χ2v) is 8.36. The lowest BCUT2D eigenvalue weighted by Crippen LogP contribution is -2.63. The fourth-order valence-corrected chi connectivity index (χ4v) is 3.98. The van der Waals surface area contributed by atoms with Gasteiger partial charge in [0.05, 0.1) is 35.9 Å². The van der Waals surface area contributed by atoms with E-state index in [9.17, 15) is 14.7 Å². The standard InChI is InChI=1S/C24H21N7O5/c1-24(20(32)22(33)27-15-4-7-17-18(12-15)36-29-21(17)26)23(34)30(10-11-35-24)19-8-9-31(28-19)16-5-2-14(13-25)3-6-16/h2-9,12,20,32H,10-11H2,1H3,(H2,26,29)(H,27,33). The largest absolute Gasteiger partial charge is 0.380 e. The third-order valence-corrected chi connectivity index (χ3v) is 6.04. The van der Waals surface area contributed by atoms with Crippen LogP contribution in [0.15, 0.2) is 59.3 Å². The Balaban J connectivity index is 1.33. The number of ether oxygens (including phenoxy) is 1. The summed E-state index contributed by atoms with van der Waals surface area (Å²) in [5, 5.41) is 31.1. The number of nitrogens with two attached hydrogens (primary N) is 1. The molecule has 5 rings (SSSR count). The topological polar surface area (TPSA) is 173 Å². The van der Waals surface area contributed by atoms with E-state index < -0.39 is 23.5 Å². The Morgan fingerprint density at radius 2 is 2.06 bits per heavy atom. The summed E-state index contributed by atoms with van der Waals surface area (Å²) in [5.41, 5.74) is 5.76. The van der Waals surface area contributed by atoms with Crippen molar-refractivity contribution in [2.45, 2.75) is 18.6 Å². The van der Waals surface area contributed by atoms with Crippen LogP contribution in [0.1, 0.15) is 12.5 Å². The van der Waals surface area contributed by atoms with Crippen molar-refractivity contribution in [3.05, 3.63) is 60.3 Å². The highest BCUT2D eigenvalue weighted by molar-refractivity contribution is 6.06. The number of nitrogen functional groups attached to an aromatic ring is 1. The van der Waals surface area contributed by atoms with E-state index >= 15 is 0 Å². The van der Waals surface area contributed by atoms with E-state index in [0.717, 1.165) is 0 Å². The van der Waals surface area contributed by atoms with Crippen molar-refractivity contribution in [3.63, 3.8) is 0 Å². The fraction of sp³-hybridized carbons (Fsp3) is 0.208. The van der Waals surface area contributed by atoms with Crippen molar-refractivity contribution in [1.82, 2.24) is 14.9 Å². The van der Waals surface area contributed by atoms with Gasteiger partial charge >= 0.3 is 0 Å². The van der Waals surface area contributed by atoms with Gasteiger partial charge in [-0.1, -0.05) is 5.16 Å². The Bertz CT molecular complexity index is 1500. The van der Waals surface area contributed by atoms with Crippen molar-refractivity contribution in [1.29, 1.82) is 5.26 Å². The zero-order valence-electron chi connectivity index (χ0n) is 19.1. The predicted octanol–water partition coefficient (Wildman–Crippen LogP) is 1.59. The summed E-state index contributed by atoms with van der Waals surface area (Å²) in [5.74, 6) is -0.888. The van der Waals surface area contributed by atoms with Gasteiger partial charge in [0.15, 0.2) is 28.9 Å². The number of nitriles is 1. The van der Waals surface area contributed by atoms with E-state index in [1.165, 1.54) is 17.9 Å². The average Bonchev–Trinajstić information content (AvgIpc) is 3.52. The molecule has 3 heterocycles. The summed E-state index contributed by atoms with van der Waals surface area (Å²) in [7, 11) is 0. The maximum atomic E-state index is 13.4. The second kappa shape index (κ2) is 8.81. The lowest BCUT2D eigenvalue weighted by atomic mass is 9.94. The lowest BCUT2D eigenvalue weighted by Gasteiger charge is -2.40. The monoisotopic (exact) mass is 487 g/mol. The molecule has 12 heteroatoms. The number of aromatic nitrogens is 3. The minimum absolute atomic E-state index is 0.0829. The molecule has 2 aromatic heterocycles. The minimum atomic E-state index is -1.85. The van der Waals surface area contributed by atoms with Gasteiger partial charge in [-0.15, -0.1) is 5.10 Å². The maximum absolute atomic E-state index is 13.4. The molecule has 36 heavy (non-hydrogen) atoms. The quantitative estimate of drug-likeness (QED) is 0.378. The van der Waals surface area contributed by atoms with Gasteiger partial charge in [0, 0.05) is 24.0 Å². The van der Waals surface area contributed by atoms with Crippen molar-refractivity contribution < 1.29 is 24.0 Å². The minimum Gasteiger partial charge on any atom is -0.380 e. The van der Waals surface area contributed by atoms with Crippen LogP contribution in [-0.2, 0) is 14.3 Å². The second-order valence-electron chi connectivity index (χ2n) is 8.36. The molecule has 1 fully saturated rings. The Labute approximate surface area is 204 Å². The van der Waals surface area contributed by atoms with Crippen LogP contribution in [0.5, 0.6) is 0 Å². The van der Waals surface area contributed by atoms with Crippen LogP contribution in [0.25, 0.3) is 16.7 Å². The van der Waals surface area contributed by atoms with Crippen LogP contribution in [0.2, 0.25) is 0 Å². The molecule has 0 radical (unpaired) electrons. The van der Waals surface area contributed by atoms with Gasteiger partial charge in [-0.3, -0.25) is 14.5 Å². The van der Waals surface area contributed by atoms with E-state index in [4.69, 9.17) is 20.3 Å². The summed E-state index contributed by atoms with van der Waals surface area (Å²) in [6, 6.07) is 15.2. The number of hydrogen-bond acceptors (Lipinski definition) is 9. The number of anilines is 3. The number of amides is 2. The molecule has 2 atom stereocenters. The average molecular weight is 487 g/mol. The zero-order valence-corrected chi connectivity index (χ0v) is 19.1. The third-order valence-electron chi connectivity index (χ3n) is 6.04. The number of fused-ring (bicyclic) bond motifs is 1. The van der Waals surface area contributed by atoms with Gasteiger partial charge in [-0.2, -0.15) is 5.26 Å². The summed E-state index contributed by atoms with van der Waals surface area (Å²) >= 11 is 0. The molecule has 0 saturated carbocycles. The Morgan fingerprint density at radius 1 is 1.28 bits per heavy atom. The SMILES string of the molecule is CC1(C(O)C(=O)Nc2ccc3c(N)noc3c2)OCCN(c2ccn(-c3ccc(C#N)cc3)n2)C1=O. The van der Waals surface area contributed by atoms with Gasteiger partial charge < -0.3 is 25.4 Å². The number of morpholine rings is 1. The number of carbonyl (C=O) groups is 2. The summed E-state index contributed by atoms with van der Waals surface area (Å²) < 4.78 is 12.3. The van der Waals surface area contributed by atoms with Crippen molar-refractivity contribution >= 4 is 40.1 Å². The lowest BCUT2D eigenvalue weighted by molar-refractivity contribution is -0.170. The van der Waals surface area contributed by atoms with Gasteiger partial charge in [-0.25, -0.2) is 4.68 Å². The van der Waals surface area contributed by atoms with Gasteiger partial charge in [0.2, 0.25) is 0 Å². The Hall–Kier alpha value is -4.73. The number of hydrogen-bond donors (Lipinski definition) is 3. The van der Waals surface area contributed by atoms with Crippen LogP contribution in [0.4, 0.5) is 17.3 Å². The molecular formula is C24H21N7O5. The first-order valence-corrected chi connectivity index (χ1v) is 11.0. The molecule has 4 N–H and O–H groups in total. The molecule has 1 aliphatic heterocycles. The molecule has 2 amide bonds. The number of carbonyl (C=O) groups excluding carboxylic acids is 2. The summed E-state index contributed by atoms with van der Waals surface area (Å²) in [6.07, 6.45) is -0.143. The smallest absolute Gasteiger partial charge is 0.263 e. The van der Waals surface area contributed by atoms with Crippen LogP contribution in [0, 0.1) is 11.3 Å². The van der Waals surface area contributed by atoms with Crippen LogP contribution in [0.3, 0.4) is 0 Å². The van der Waals surface area contributed by atoms with E-state index in [1.807, 2.05) is 0 Å². The number of nitrogens with one attached hydrogen (secondary N) is 1. The van der Waals surface area contributed by atoms with E-state index in [0.29, 0.717) is 33.7 Å². The highest BCUT2D eigenvalue weighted by atomic mass is 16.5. The molecule has 182 valence electrons. The van der Waals surface area contributed by atoms with E-state index in [2.05, 4.69) is 21.6 Å². The summed E-state index contributed by atoms with van der Waals surface area (Å²) in [4.78, 5) is 27.6. The summed E-state index contributed by atoms with van der Waals surface area (Å²) in [6.45, 7) is 1.64. The van der Waals surface area contributed by atoms with Gasteiger partial charge in [0.1, 0.15) is 0 Å². The van der Waals surface area contributed by atoms with E-state index in [-0.39, 0.29) is 19.0 Å². The van der Waals surface area contributed by atoms with Gasteiger partial charge in [-0.05, 0) is 43.3 Å². The van der Waals surface area contributed by atoms with Crippen LogP contribution in [-0.4, -0.2) is 56.7 Å². The third kappa shape index (κ3) is 3.92. The molecule has 12 nitrogen and oxygen atoms in total. The molecule has 0 spiro atoms. The van der Waals surface area contributed by atoms with E-state index in [1.54, 1.807) is 53.3 Å². The first-order chi connectivity index (χ1) is 17.3. The molecule has 1 aliphatic rings. The number of nitrogens with zero attached hydrogens (tertiary/aromatic N) is 5. The number of benzene rings is 2. The Kier molecular flexibility index (Phi) is 5.63. The first-order valence-electron chi connectivity index (χ1n) is 11.0. The highest BCUT2D eigenvalue weighted by Crippen LogP contribution is 2.29. The molecule has 0 bridgehead atoms. The molecular weight excluding hydrogens is 466 g/mol. The number of rotatable bonds is 5. The highest BCUT2D eigenvalue weighted by Gasteiger charge is 2.51. The molecule has 0 aliphatic carbocycles. The van der Waals surface area contributed by atoms with Crippen molar-refractivity contribution in [2.24, 2.45) is 0 Å². The molecule has 4 aromatic rings. The number of aliphatic hydroxyl groups excluding tert-OH is 1. The Morgan fingerprint density at radius 3 is 2.81 bits per heavy atom. The molecule has 2 unspecified atom stereocenters. The normalized spacial score (nSPS) is 18.7. The fourth-order valence-electron chi connectivity index (χ4n) is 3.98. The molecule has 2 aromatic carbocycles. The zero-order chi connectivity index (χ0) is 25.4. The number of aliphatic hydroxyl groups is 1. The first kappa shape index (κ1) is 23.0. The van der Waals surface area contributed by atoms with Crippen molar-refractivity contribution in [3.8, 4) is 11.8 Å². The predicted molar refractivity (Wildman–Crippen MR) is 128 cm³/mol. The van der Waals surface area contributed by atoms with Crippen molar-refractivity contribution in [2.75, 3.05) is 29.1 Å². The van der Waals surface area contributed by atoms with Crippen LogP contribution >= 0.6 is 0 Å².